The molecule has 0 saturated heterocycles. The molecule has 0 aliphatic heterocycles. The number of aryl methyl sites for hydroxylation is 4. The summed E-state index contributed by atoms with van der Waals surface area (Å²) in [4.78, 5) is 9.38. The first-order valence-corrected chi connectivity index (χ1v) is 9.35. The molecule has 2 heterocycles. The maximum atomic E-state index is 4.74. The second-order valence-electron chi connectivity index (χ2n) is 7.58. The lowest BCUT2D eigenvalue weighted by molar-refractivity contribution is 1.05. The van der Waals surface area contributed by atoms with Crippen LogP contribution in [-0.2, 0) is 0 Å². The molecule has 0 fully saturated rings. The van der Waals surface area contributed by atoms with Crippen molar-refractivity contribution < 1.29 is 0 Å². The molecule has 0 saturated carbocycles. The first kappa shape index (κ1) is 17.5. The number of nitrogens with zero attached hydrogens (tertiary/aromatic N) is 3. The largest absolute Gasteiger partial charge is 0.283 e. The number of imidazole rings is 1. The number of hydrogen-bond donors (Lipinski definition) is 0. The van der Waals surface area contributed by atoms with E-state index in [4.69, 9.17) is 4.98 Å². The molecule has 0 aliphatic rings. The van der Waals surface area contributed by atoms with Crippen LogP contribution in [-0.4, -0.2) is 14.5 Å². The van der Waals surface area contributed by atoms with E-state index in [1.165, 1.54) is 38.9 Å². The summed E-state index contributed by atoms with van der Waals surface area (Å²) < 4.78 is 2.09. The van der Waals surface area contributed by atoms with Gasteiger partial charge in [-0.1, -0.05) is 12.1 Å². The van der Waals surface area contributed by atoms with Gasteiger partial charge >= 0.3 is 0 Å². The van der Waals surface area contributed by atoms with Crippen LogP contribution in [0.2, 0.25) is 0 Å². The summed E-state index contributed by atoms with van der Waals surface area (Å²) in [6, 6.07) is 11.0. The molecule has 136 valence electrons. The van der Waals surface area contributed by atoms with Gasteiger partial charge in [0.2, 0.25) is 0 Å². The van der Waals surface area contributed by atoms with Gasteiger partial charge in [0.15, 0.2) is 5.65 Å². The van der Waals surface area contributed by atoms with Crippen LogP contribution in [0, 0.1) is 41.5 Å². The van der Waals surface area contributed by atoms with Crippen LogP contribution in [0.15, 0.2) is 42.9 Å². The standard InChI is InChI=1S/C24H25N3/c1-14-9-20(10-15(2)18(14)5)22-7-8-25-24-23(22)26-13-27(24)21-11-16(3)19(6)17(4)12-21/h7-13H,1-6H3. The molecule has 0 spiro atoms. The van der Waals surface area contributed by atoms with E-state index in [0.717, 1.165) is 22.4 Å². The quantitative estimate of drug-likeness (QED) is 0.445. The molecule has 0 amide bonds. The van der Waals surface area contributed by atoms with Crippen molar-refractivity contribution in [2.24, 2.45) is 0 Å². The van der Waals surface area contributed by atoms with Crippen molar-refractivity contribution in [3.63, 3.8) is 0 Å². The number of aromatic nitrogens is 3. The Bertz CT molecular complexity index is 1140. The summed E-state index contributed by atoms with van der Waals surface area (Å²) in [5.74, 6) is 0. The number of pyridine rings is 1. The highest BCUT2D eigenvalue weighted by atomic mass is 15.1. The maximum absolute atomic E-state index is 4.74. The molecule has 3 nitrogen and oxygen atoms in total. The van der Waals surface area contributed by atoms with Gasteiger partial charge in [0.25, 0.3) is 0 Å². The fourth-order valence-corrected chi connectivity index (χ4v) is 3.68. The van der Waals surface area contributed by atoms with E-state index >= 15 is 0 Å². The first-order chi connectivity index (χ1) is 12.9. The zero-order chi connectivity index (χ0) is 19.3. The predicted molar refractivity (Wildman–Crippen MR) is 113 cm³/mol. The summed E-state index contributed by atoms with van der Waals surface area (Å²) in [5.41, 5.74) is 13.1. The smallest absolute Gasteiger partial charge is 0.165 e. The molecule has 0 bridgehead atoms. The van der Waals surface area contributed by atoms with Crippen LogP contribution in [0.3, 0.4) is 0 Å². The average Bonchev–Trinajstić information content (AvgIpc) is 3.07. The maximum Gasteiger partial charge on any atom is 0.165 e. The number of hydrogen-bond acceptors (Lipinski definition) is 2. The SMILES string of the molecule is Cc1cc(-c2ccnc3c2ncn3-c2cc(C)c(C)c(C)c2)cc(C)c1C. The van der Waals surface area contributed by atoms with E-state index < -0.39 is 0 Å². The van der Waals surface area contributed by atoms with Crippen molar-refractivity contribution in [2.45, 2.75) is 41.5 Å². The fraction of sp³-hybridized carbons (Fsp3) is 0.250. The Morgan fingerprint density at radius 1 is 0.704 bits per heavy atom. The molecule has 3 heteroatoms. The van der Waals surface area contributed by atoms with E-state index in [0.29, 0.717) is 0 Å². The third kappa shape index (κ3) is 2.84. The molecular formula is C24H25N3. The highest BCUT2D eigenvalue weighted by Crippen LogP contribution is 2.31. The highest BCUT2D eigenvalue weighted by molar-refractivity contribution is 5.91. The van der Waals surface area contributed by atoms with Gasteiger partial charge in [-0.05, 0) is 98.7 Å². The van der Waals surface area contributed by atoms with E-state index in [1.54, 1.807) is 0 Å². The molecule has 2 aromatic heterocycles. The van der Waals surface area contributed by atoms with E-state index in [1.807, 2.05) is 12.5 Å². The van der Waals surface area contributed by atoms with Crippen LogP contribution in [0.1, 0.15) is 33.4 Å². The van der Waals surface area contributed by atoms with Gasteiger partial charge in [0.05, 0.1) is 0 Å². The van der Waals surface area contributed by atoms with Crippen molar-refractivity contribution in [3.8, 4) is 16.8 Å². The van der Waals surface area contributed by atoms with Crippen LogP contribution >= 0.6 is 0 Å². The minimum Gasteiger partial charge on any atom is -0.283 e. The Morgan fingerprint density at radius 2 is 1.26 bits per heavy atom. The number of fused-ring (bicyclic) bond motifs is 1. The summed E-state index contributed by atoms with van der Waals surface area (Å²) in [6.45, 7) is 13.0. The average molecular weight is 355 g/mol. The van der Waals surface area contributed by atoms with Gasteiger partial charge in [-0.2, -0.15) is 0 Å². The molecule has 0 radical (unpaired) electrons. The van der Waals surface area contributed by atoms with Crippen LogP contribution in [0.4, 0.5) is 0 Å². The predicted octanol–water partition coefficient (Wildman–Crippen LogP) is 5.94. The molecule has 0 N–H and O–H groups in total. The van der Waals surface area contributed by atoms with Gasteiger partial charge in [-0.15, -0.1) is 0 Å². The Balaban J connectivity index is 1.93. The van der Waals surface area contributed by atoms with Gasteiger partial charge in [0.1, 0.15) is 11.8 Å². The van der Waals surface area contributed by atoms with Crippen molar-refractivity contribution in [1.82, 2.24) is 14.5 Å². The lowest BCUT2D eigenvalue weighted by atomic mass is 9.96. The summed E-state index contributed by atoms with van der Waals surface area (Å²) in [5, 5.41) is 0. The molecule has 27 heavy (non-hydrogen) atoms. The third-order valence-electron chi connectivity index (χ3n) is 5.86. The Kier molecular flexibility index (Phi) is 4.11. The second-order valence-corrected chi connectivity index (χ2v) is 7.58. The minimum atomic E-state index is 0.894. The van der Waals surface area contributed by atoms with E-state index in [2.05, 4.69) is 81.4 Å². The monoisotopic (exact) mass is 355 g/mol. The molecule has 4 aromatic rings. The van der Waals surface area contributed by atoms with E-state index in [9.17, 15) is 0 Å². The molecule has 0 unspecified atom stereocenters. The zero-order valence-electron chi connectivity index (χ0n) is 16.9. The summed E-state index contributed by atoms with van der Waals surface area (Å²) in [6.07, 6.45) is 3.77. The second kappa shape index (κ2) is 6.34. The van der Waals surface area contributed by atoms with E-state index in [-0.39, 0.29) is 0 Å². The number of benzene rings is 2. The highest BCUT2D eigenvalue weighted by Gasteiger charge is 2.13. The topological polar surface area (TPSA) is 30.7 Å². The third-order valence-corrected chi connectivity index (χ3v) is 5.86. The summed E-state index contributed by atoms with van der Waals surface area (Å²) in [7, 11) is 0. The van der Waals surface area contributed by atoms with Gasteiger partial charge < -0.3 is 0 Å². The Labute approximate surface area is 160 Å². The lowest BCUT2D eigenvalue weighted by Gasteiger charge is -2.11. The normalized spacial score (nSPS) is 11.3. The molecule has 0 aliphatic carbocycles. The summed E-state index contributed by atoms with van der Waals surface area (Å²) >= 11 is 0. The Hall–Kier alpha value is -2.94. The van der Waals surface area contributed by atoms with Gasteiger partial charge in [-0.25, -0.2) is 9.97 Å². The lowest BCUT2D eigenvalue weighted by Crippen LogP contribution is -1.98. The molecule has 2 aromatic carbocycles. The van der Waals surface area contributed by atoms with Crippen LogP contribution in [0.25, 0.3) is 28.0 Å². The van der Waals surface area contributed by atoms with Crippen molar-refractivity contribution in [1.29, 1.82) is 0 Å². The first-order valence-electron chi connectivity index (χ1n) is 9.35. The molecule has 0 atom stereocenters. The van der Waals surface area contributed by atoms with Gasteiger partial charge in [0, 0.05) is 17.4 Å². The van der Waals surface area contributed by atoms with Crippen molar-refractivity contribution in [3.05, 3.63) is 76.2 Å². The fourth-order valence-electron chi connectivity index (χ4n) is 3.68. The number of rotatable bonds is 2. The van der Waals surface area contributed by atoms with Crippen molar-refractivity contribution >= 4 is 11.2 Å². The minimum absolute atomic E-state index is 0.894. The van der Waals surface area contributed by atoms with Crippen LogP contribution in [0.5, 0.6) is 0 Å². The Morgan fingerprint density at radius 3 is 1.85 bits per heavy atom. The van der Waals surface area contributed by atoms with Crippen molar-refractivity contribution in [2.75, 3.05) is 0 Å². The molecule has 4 rings (SSSR count). The zero-order valence-corrected chi connectivity index (χ0v) is 16.9. The van der Waals surface area contributed by atoms with Gasteiger partial charge in [-0.3, -0.25) is 4.57 Å². The molecular weight excluding hydrogens is 330 g/mol. The van der Waals surface area contributed by atoms with Crippen LogP contribution < -0.4 is 0 Å².